The molecule has 3 amide bonds. The number of nitrogens with one attached hydrogen (secondary N) is 1. The van der Waals surface area contributed by atoms with Crippen molar-refractivity contribution in [1.29, 1.82) is 0 Å². The van der Waals surface area contributed by atoms with Crippen LogP contribution >= 0.6 is 0 Å². The maximum atomic E-state index is 12.3. The number of urea groups is 1. The molecule has 2 aliphatic heterocycles. The fourth-order valence-electron chi connectivity index (χ4n) is 2.88. The first kappa shape index (κ1) is 16.9. The van der Waals surface area contributed by atoms with Gasteiger partial charge in [0.25, 0.3) is 11.6 Å². The molecule has 1 aromatic carbocycles. The van der Waals surface area contributed by atoms with E-state index in [-0.39, 0.29) is 17.9 Å². The van der Waals surface area contributed by atoms with Crippen molar-refractivity contribution >= 4 is 29.4 Å². The van der Waals surface area contributed by atoms with E-state index < -0.39 is 16.9 Å². The largest absolute Gasteiger partial charge is 0.378 e. The van der Waals surface area contributed by atoms with Crippen LogP contribution in [0.1, 0.15) is 12.5 Å². The minimum Gasteiger partial charge on any atom is -0.378 e. The summed E-state index contributed by atoms with van der Waals surface area (Å²) in [7, 11) is 0. The number of carbonyl (C=O) groups excluding carboxylic acids is 2. The zero-order chi connectivity index (χ0) is 18.0. The summed E-state index contributed by atoms with van der Waals surface area (Å²) in [6.45, 7) is 4.38. The molecule has 25 heavy (non-hydrogen) atoms. The van der Waals surface area contributed by atoms with Crippen LogP contribution in [0.5, 0.6) is 0 Å². The van der Waals surface area contributed by atoms with Crippen LogP contribution < -0.4 is 10.2 Å². The van der Waals surface area contributed by atoms with E-state index >= 15 is 0 Å². The number of anilines is 1. The van der Waals surface area contributed by atoms with Crippen LogP contribution in [-0.2, 0) is 9.53 Å². The number of likely N-dealkylation sites (N-methyl/N-ethyl adjacent to an activating group) is 1. The molecule has 2 aliphatic rings. The van der Waals surface area contributed by atoms with Crippen LogP contribution in [0.15, 0.2) is 23.9 Å². The standard InChI is InChI=1S/C16H18N4O5/c1-2-19-15(21)13(17-16(19)22)10-11-9-12(20(23)24)3-4-14(11)18-5-7-25-8-6-18/h3-4,9-10H,2,5-8H2,1H3,(H,17,22)/b13-10-. The third-order valence-corrected chi connectivity index (χ3v) is 4.15. The summed E-state index contributed by atoms with van der Waals surface area (Å²) < 4.78 is 5.33. The number of amides is 3. The van der Waals surface area contributed by atoms with Crippen molar-refractivity contribution in [2.45, 2.75) is 6.92 Å². The number of hydrogen-bond donors (Lipinski definition) is 1. The topological polar surface area (TPSA) is 105 Å². The fourth-order valence-corrected chi connectivity index (χ4v) is 2.88. The van der Waals surface area contributed by atoms with E-state index in [9.17, 15) is 19.7 Å². The van der Waals surface area contributed by atoms with E-state index in [0.717, 1.165) is 10.6 Å². The number of morpholine rings is 1. The molecule has 0 spiro atoms. The number of imide groups is 1. The van der Waals surface area contributed by atoms with Gasteiger partial charge in [-0.1, -0.05) is 0 Å². The van der Waals surface area contributed by atoms with E-state index in [1.54, 1.807) is 13.0 Å². The highest BCUT2D eigenvalue weighted by Crippen LogP contribution is 2.29. The first-order chi connectivity index (χ1) is 12.0. The van der Waals surface area contributed by atoms with Gasteiger partial charge in [0.1, 0.15) is 5.70 Å². The third-order valence-electron chi connectivity index (χ3n) is 4.15. The van der Waals surface area contributed by atoms with Gasteiger partial charge in [-0.2, -0.15) is 0 Å². The quantitative estimate of drug-likeness (QED) is 0.382. The Bertz CT molecular complexity index is 755. The third kappa shape index (κ3) is 3.31. The second kappa shape index (κ2) is 6.89. The molecule has 0 atom stereocenters. The van der Waals surface area contributed by atoms with Crippen LogP contribution in [0.25, 0.3) is 6.08 Å². The molecule has 1 aromatic rings. The second-order valence-electron chi connectivity index (χ2n) is 5.64. The molecule has 2 saturated heterocycles. The fraction of sp³-hybridized carbons (Fsp3) is 0.375. The Kier molecular flexibility index (Phi) is 4.66. The Morgan fingerprint density at radius 2 is 2.04 bits per heavy atom. The van der Waals surface area contributed by atoms with Gasteiger partial charge in [0, 0.05) is 43.0 Å². The van der Waals surface area contributed by atoms with Gasteiger partial charge in [0.15, 0.2) is 0 Å². The molecule has 0 saturated carbocycles. The number of nitrogens with zero attached hydrogens (tertiary/aromatic N) is 3. The summed E-state index contributed by atoms with van der Waals surface area (Å²) in [6.07, 6.45) is 1.49. The van der Waals surface area contributed by atoms with Crippen LogP contribution in [-0.4, -0.2) is 54.6 Å². The molecule has 0 unspecified atom stereocenters. The molecule has 2 fully saturated rings. The molecule has 9 heteroatoms. The first-order valence-corrected chi connectivity index (χ1v) is 7.97. The van der Waals surface area contributed by atoms with Crippen LogP contribution in [0, 0.1) is 10.1 Å². The van der Waals surface area contributed by atoms with Gasteiger partial charge in [-0.3, -0.25) is 19.8 Å². The van der Waals surface area contributed by atoms with E-state index in [1.165, 1.54) is 18.2 Å². The maximum absolute atomic E-state index is 12.3. The Balaban J connectivity index is 2.02. The van der Waals surface area contributed by atoms with E-state index in [0.29, 0.717) is 31.9 Å². The number of benzene rings is 1. The second-order valence-corrected chi connectivity index (χ2v) is 5.64. The van der Waals surface area contributed by atoms with Crippen LogP contribution in [0.4, 0.5) is 16.2 Å². The predicted molar refractivity (Wildman–Crippen MR) is 90.0 cm³/mol. The van der Waals surface area contributed by atoms with Gasteiger partial charge in [-0.25, -0.2) is 4.79 Å². The Labute approximate surface area is 144 Å². The van der Waals surface area contributed by atoms with Crippen molar-refractivity contribution in [2.75, 3.05) is 37.7 Å². The summed E-state index contributed by atoms with van der Waals surface area (Å²) in [5.74, 6) is -0.438. The molecular weight excluding hydrogens is 328 g/mol. The van der Waals surface area contributed by atoms with Gasteiger partial charge < -0.3 is 15.0 Å². The zero-order valence-electron chi connectivity index (χ0n) is 13.7. The average Bonchev–Trinajstić information content (AvgIpc) is 2.88. The number of hydrogen-bond acceptors (Lipinski definition) is 6. The average molecular weight is 346 g/mol. The highest BCUT2D eigenvalue weighted by molar-refractivity contribution is 6.14. The summed E-state index contributed by atoms with van der Waals surface area (Å²) in [4.78, 5) is 37.8. The molecule has 0 aliphatic carbocycles. The maximum Gasteiger partial charge on any atom is 0.328 e. The lowest BCUT2D eigenvalue weighted by atomic mass is 10.1. The lowest BCUT2D eigenvalue weighted by Gasteiger charge is -2.30. The van der Waals surface area contributed by atoms with Crippen LogP contribution in [0.3, 0.4) is 0 Å². The molecule has 9 nitrogen and oxygen atoms in total. The Morgan fingerprint density at radius 3 is 2.64 bits per heavy atom. The smallest absolute Gasteiger partial charge is 0.328 e. The van der Waals surface area contributed by atoms with Crippen LogP contribution in [0.2, 0.25) is 0 Å². The minimum absolute atomic E-state index is 0.0759. The van der Waals surface area contributed by atoms with E-state index in [4.69, 9.17) is 4.74 Å². The number of rotatable bonds is 4. The highest BCUT2D eigenvalue weighted by atomic mass is 16.6. The van der Waals surface area contributed by atoms with Gasteiger partial charge in [0.2, 0.25) is 0 Å². The number of ether oxygens (including phenoxy) is 1. The predicted octanol–water partition coefficient (Wildman–Crippen LogP) is 1.34. The van der Waals surface area contributed by atoms with E-state index in [1.807, 2.05) is 4.90 Å². The van der Waals surface area contributed by atoms with Gasteiger partial charge >= 0.3 is 6.03 Å². The monoisotopic (exact) mass is 346 g/mol. The summed E-state index contributed by atoms with van der Waals surface area (Å²) in [5.41, 5.74) is 1.31. The van der Waals surface area contributed by atoms with E-state index in [2.05, 4.69) is 5.32 Å². The number of carbonyl (C=O) groups is 2. The number of nitro groups is 1. The molecule has 0 radical (unpaired) electrons. The molecule has 2 heterocycles. The summed E-state index contributed by atoms with van der Waals surface area (Å²) in [6, 6.07) is 4.01. The normalized spacial score (nSPS) is 19.5. The Hall–Kier alpha value is -2.94. The van der Waals surface area contributed by atoms with Crippen molar-refractivity contribution in [3.8, 4) is 0 Å². The van der Waals surface area contributed by atoms with Gasteiger partial charge in [-0.15, -0.1) is 0 Å². The molecule has 0 bridgehead atoms. The molecule has 3 rings (SSSR count). The van der Waals surface area contributed by atoms with Crippen molar-refractivity contribution in [3.63, 3.8) is 0 Å². The molecule has 132 valence electrons. The van der Waals surface area contributed by atoms with Crippen molar-refractivity contribution in [1.82, 2.24) is 10.2 Å². The summed E-state index contributed by atoms with van der Waals surface area (Å²) >= 11 is 0. The molecular formula is C16H18N4O5. The zero-order valence-corrected chi connectivity index (χ0v) is 13.7. The molecule has 0 aromatic heterocycles. The minimum atomic E-state index is -0.489. The van der Waals surface area contributed by atoms with Gasteiger partial charge in [0.05, 0.1) is 18.1 Å². The lowest BCUT2D eigenvalue weighted by molar-refractivity contribution is -0.384. The van der Waals surface area contributed by atoms with Crippen molar-refractivity contribution in [3.05, 3.63) is 39.6 Å². The highest BCUT2D eigenvalue weighted by Gasteiger charge is 2.32. The SMILES string of the molecule is CCN1C(=O)N/C(=C\c2cc([N+](=O)[O-])ccc2N2CCOCC2)C1=O. The van der Waals surface area contributed by atoms with Crippen molar-refractivity contribution < 1.29 is 19.2 Å². The first-order valence-electron chi connectivity index (χ1n) is 7.97. The number of non-ortho nitro benzene ring substituents is 1. The summed E-state index contributed by atoms with van der Waals surface area (Å²) in [5, 5.41) is 13.6. The van der Waals surface area contributed by atoms with Crippen molar-refractivity contribution in [2.24, 2.45) is 0 Å². The lowest BCUT2D eigenvalue weighted by Crippen LogP contribution is -2.36. The number of nitro benzene ring substituents is 1. The van der Waals surface area contributed by atoms with Gasteiger partial charge in [-0.05, 0) is 19.1 Å². The Morgan fingerprint density at radius 1 is 1.32 bits per heavy atom. The molecule has 1 N–H and O–H groups in total.